The number of alkyl halides is 6. The van der Waals surface area contributed by atoms with Crippen molar-refractivity contribution >= 4 is 0 Å². The molecule has 0 unspecified atom stereocenters. The van der Waals surface area contributed by atoms with Crippen molar-refractivity contribution in [1.82, 2.24) is 4.57 Å². The second kappa shape index (κ2) is 7.48. The van der Waals surface area contributed by atoms with E-state index in [0.29, 0.717) is 23.7 Å². The van der Waals surface area contributed by atoms with Crippen molar-refractivity contribution in [2.24, 2.45) is 5.92 Å². The van der Waals surface area contributed by atoms with Gasteiger partial charge < -0.3 is 4.57 Å². The van der Waals surface area contributed by atoms with Crippen LogP contribution in [0.25, 0.3) is 11.3 Å². The van der Waals surface area contributed by atoms with Gasteiger partial charge >= 0.3 is 12.4 Å². The number of rotatable bonds is 3. The number of aryl methyl sites for hydroxylation is 2. The van der Waals surface area contributed by atoms with Crippen LogP contribution in [0.15, 0.2) is 24.3 Å². The fourth-order valence-corrected chi connectivity index (χ4v) is 4.19. The van der Waals surface area contributed by atoms with E-state index in [9.17, 15) is 26.3 Å². The van der Waals surface area contributed by atoms with Crippen molar-refractivity contribution in [3.8, 4) is 11.3 Å². The molecule has 0 bridgehead atoms. The highest BCUT2D eigenvalue weighted by Gasteiger charge is 2.37. The normalized spacial score (nSPS) is 16.6. The first kappa shape index (κ1) is 20.8. The maximum atomic E-state index is 13.3. The molecule has 1 aromatic carbocycles. The van der Waals surface area contributed by atoms with Crippen molar-refractivity contribution < 1.29 is 26.3 Å². The lowest BCUT2D eigenvalue weighted by atomic mass is 9.89. The summed E-state index contributed by atoms with van der Waals surface area (Å²) in [7, 11) is 0. The third kappa shape index (κ3) is 4.39. The van der Waals surface area contributed by atoms with Gasteiger partial charge in [0, 0.05) is 12.2 Å². The molecule has 0 N–H and O–H groups in total. The Morgan fingerprint density at radius 1 is 0.821 bits per heavy atom. The van der Waals surface area contributed by atoms with E-state index >= 15 is 0 Å². The van der Waals surface area contributed by atoms with Crippen molar-refractivity contribution in [1.29, 1.82) is 0 Å². The van der Waals surface area contributed by atoms with Gasteiger partial charge in [-0.05, 0) is 68.0 Å². The van der Waals surface area contributed by atoms with Crippen LogP contribution in [-0.2, 0) is 18.9 Å². The van der Waals surface area contributed by atoms with Crippen molar-refractivity contribution in [3.63, 3.8) is 0 Å². The number of hydrogen-bond donors (Lipinski definition) is 0. The Morgan fingerprint density at radius 2 is 1.36 bits per heavy atom. The smallest absolute Gasteiger partial charge is 0.344 e. The van der Waals surface area contributed by atoms with Crippen LogP contribution in [0.2, 0.25) is 0 Å². The van der Waals surface area contributed by atoms with Crippen LogP contribution in [0.1, 0.15) is 54.5 Å². The molecule has 154 valence electrons. The van der Waals surface area contributed by atoms with Gasteiger partial charge in [-0.3, -0.25) is 0 Å². The second-order valence-electron chi connectivity index (χ2n) is 7.73. The molecule has 28 heavy (non-hydrogen) atoms. The molecule has 1 aliphatic carbocycles. The lowest BCUT2D eigenvalue weighted by Gasteiger charge is -2.25. The van der Waals surface area contributed by atoms with E-state index in [1.165, 1.54) is 6.42 Å². The Morgan fingerprint density at radius 3 is 1.86 bits per heavy atom. The summed E-state index contributed by atoms with van der Waals surface area (Å²) in [5, 5.41) is 0. The summed E-state index contributed by atoms with van der Waals surface area (Å²) >= 11 is 0. The fourth-order valence-electron chi connectivity index (χ4n) is 4.19. The third-order valence-electron chi connectivity index (χ3n) is 5.52. The first-order chi connectivity index (χ1) is 13.0. The Kier molecular flexibility index (Phi) is 5.56. The summed E-state index contributed by atoms with van der Waals surface area (Å²) in [6.45, 7) is 4.19. The number of aromatic nitrogens is 1. The Balaban J connectivity index is 2.12. The molecular formula is C21H23F6N. The first-order valence-corrected chi connectivity index (χ1v) is 9.43. The Bertz CT molecular complexity index is 806. The minimum absolute atomic E-state index is 0.0384. The minimum atomic E-state index is -4.85. The molecule has 0 radical (unpaired) electrons. The summed E-state index contributed by atoms with van der Waals surface area (Å²) in [6, 6.07) is 3.66. The maximum absolute atomic E-state index is 13.3. The quantitative estimate of drug-likeness (QED) is 0.471. The van der Waals surface area contributed by atoms with Gasteiger partial charge in [-0.2, -0.15) is 26.3 Å². The fraction of sp³-hybridized carbons (Fsp3) is 0.524. The zero-order valence-corrected chi connectivity index (χ0v) is 15.8. The van der Waals surface area contributed by atoms with E-state index in [4.69, 9.17) is 0 Å². The SMILES string of the molecule is Cc1cc(C)n(CC2CCCCC2)c1-c1cc(C(F)(F)F)cc(C(F)(F)F)c1. The predicted octanol–water partition coefficient (Wildman–Crippen LogP) is 7.39. The maximum Gasteiger partial charge on any atom is 0.416 e. The van der Waals surface area contributed by atoms with Gasteiger partial charge in [0.1, 0.15) is 0 Å². The van der Waals surface area contributed by atoms with Crippen LogP contribution in [0, 0.1) is 19.8 Å². The number of hydrogen-bond acceptors (Lipinski definition) is 0. The highest BCUT2D eigenvalue weighted by molar-refractivity contribution is 5.67. The molecule has 0 saturated heterocycles. The van der Waals surface area contributed by atoms with E-state index in [1.54, 1.807) is 6.92 Å². The summed E-state index contributed by atoms with van der Waals surface area (Å²) in [6.07, 6.45) is -4.23. The molecular weight excluding hydrogens is 380 g/mol. The average molecular weight is 403 g/mol. The molecule has 1 nitrogen and oxygen atoms in total. The van der Waals surface area contributed by atoms with Gasteiger partial charge in [-0.25, -0.2) is 0 Å². The van der Waals surface area contributed by atoms with Gasteiger partial charge in [0.2, 0.25) is 0 Å². The molecule has 1 heterocycles. The molecule has 2 aromatic rings. The van der Waals surface area contributed by atoms with Crippen LogP contribution in [-0.4, -0.2) is 4.57 Å². The number of halogens is 6. The minimum Gasteiger partial charge on any atom is -0.344 e. The van der Waals surface area contributed by atoms with E-state index in [0.717, 1.165) is 43.5 Å². The van der Waals surface area contributed by atoms with E-state index in [1.807, 2.05) is 17.6 Å². The molecule has 1 aromatic heterocycles. The largest absolute Gasteiger partial charge is 0.416 e. The van der Waals surface area contributed by atoms with E-state index in [2.05, 4.69) is 0 Å². The summed E-state index contributed by atoms with van der Waals surface area (Å²) < 4.78 is 81.4. The summed E-state index contributed by atoms with van der Waals surface area (Å²) in [5.74, 6) is 0.394. The third-order valence-corrected chi connectivity index (χ3v) is 5.52. The van der Waals surface area contributed by atoms with Gasteiger partial charge in [0.15, 0.2) is 0 Å². The van der Waals surface area contributed by atoms with Crippen molar-refractivity contribution in [2.45, 2.75) is 64.8 Å². The lowest BCUT2D eigenvalue weighted by Crippen LogP contribution is -2.16. The molecule has 3 rings (SSSR count). The molecule has 0 aliphatic heterocycles. The van der Waals surface area contributed by atoms with Gasteiger partial charge in [0.05, 0.1) is 16.8 Å². The monoisotopic (exact) mass is 403 g/mol. The van der Waals surface area contributed by atoms with Crippen LogP contribution < -0.4 is 0 Å². The highest BCUT2D eigenvalue weighted by Crippen LogP contribution is 2.40. The second-order valence-corrected chi connectivity index (χ2v) is 7.73. The standard InChI is InChI=1S/C21H23F6N/c1-13-8-14(2)28(12-15-6-4-3-5-7-15)19(13)16-9-17(20(22,23)24)11-18(10-16)21(25,26)27/h8-11,15H,3-7,12H2,1-2H3. The first-order valence-electron chi connectivity index (χ1n) is 9.43. The number of nitrogens with zero attached hydrogens (tertiary/aromatic N) is 1. The van der Waals surface area contributed by atoms with Gasteiger partial charge in [-0.1, -0.05) is 19.3 Å². The molecule has 0 spiro atoms. The number of benzene rings is 1. The van der Waals surface area contributed by atoms with E-state index in [-0.39, 0.29) is 11.6 Å². The van der Waals surface area contributed by atoms with Crippen LogP contribution in [0.5, 0.6) is 0 Å². The highest BCUT2D eigenvalue weighted by atomic mass is 19.4. The molecule has 7 heteroatoms. The molecule has 1 fully saturated rings. The summed E-state index contributed by atoms with van der Waals surface area (Å²) in [4.78, 5) is 0. The Hall–Kier alpha value is -1.92. The van der Waals surface area contributed by atoms with Crippen molar-refractivity contribution in [3.05, 3.63) is 46.6 Å². The lowest BCUT2D eigenvalue weighted by molar-refractivity contribution is -0.143. The molecule has 1 saturated carbocycles. The van der Waals surface area contributed by atoms with Crippen LogP contribution >= 0.6 is 0 Å². The van der Waals surface area contributed by atoms with Crippen LogP contribution in [0.4, 0.5) is 26.3 Å². The Labute approximate surface area is 160 Å². The topological polar surface area (TPSA) is 4.93 Å². The summed E-state index contributed by atoms with van der Waals surface area (Å²) in [5.41, 5.74) is -0.618. The molecule has 0 amide bonds. The molecule has 0 atom stereocenters. The van der Waals surface area contributed by atoms with E-state index < -0.39 is 23.5 Å². The average Bonchev–Trinajstić information content (AvgIpc) is 2.87. The van der Waals surface area contributed by atoms with Gasteiger partial charge in [0.25, 0.3) is 0 Å². The van der Waals surface area contributed by atoms with Crippen LogP contribution in [0.3, 0.4) is 0 Å². The van der Waals surface area contributed by atoms with Crippen molar-refractivity contribution in [2.75, 3.05) is 0 Å². The zero-order valence-electron chi connectivity index (χ0n) is 15.8. The van der Waals surface area contributed by atoms with Gasteiger partial charge in [-0.15, -0.1) is 0 Å². The molecule has 1 aliphatic rings. The predicted molar refractivity (Wildman–Crippen MR) is 95.9 cm³/mol. The zero-order chi connectivity index (χ0) is 20.7.